The molecule has 0 radical (unpaired) electrons. The van der Waals surface area contributed by atoms with Crippen LogP contribution in [-0.2, 0) is 54.1 Å². The molecule has 0 spiro atoms. The zero-order valence-electron chi connectivity index (χ0n) is 28.2. The number of rotatable bonds is 31. The van der Waals surface area contributed by atoms with Gasteiger partial charge in [-0.3, -0.25) is 28.8 Å². The zero-order chi connectivity index (χ0) is 35.4. The Morgan fingerprint density at radius 3 is 2.06 bits per heavy atom. The fourth-order valence-electron chi connectivity index (χ4n) is 4.38. The average molecular weight is 684 g/mol. The molecule has 3 amide bonds. The van der Waals surface area contributed by atoms with Crippen LogP contribution in [0, 0.1) is 5.92 Å². The number of unbranched alkanes of at least 4 members (excludes halogenated alkanes) is 1. The first-order valence-electron chi connectivity index (χ1n) is 16.5. The highest BCUT2D eigenvalue weighted by atomic mass is 16.5. The van der Waals surface area contributed by atoms with Gasteiger partial charge in [-0.1, -0.05) is 13.3 Å². The molecule has 0 aromatic carbocycles. The van der Waals surface area contributed by atoms with Crippen molar-refractivity contribution in [3.63, 3.8) is 0 Å². The summed E-state index contributed by atoms with van der Waals surface area (Å²) in [5, 5.41) is 17.1. The number of aliphatic carboxylic acids is 1. The van der Waals surface area contributed by atoms with Gasteiger partial charge < -0.3 is 45.0 Å². The molecule has 2 atom stereocenters. The van der Waals surface area contributed by atoms with Gasteiger partial charge in [0.2, 0.25) is 17.7 Å². The van der Waals surface area contributed by atoms with Gasteiger partial charge in [0.1, 0.15) is 25.4 Å². The lowest BCUT2D eigenvalue weighted by atomic mass is 9.89. The largest absolute Gasteiger partial charge is 0.481 e. The molecule has 1 aromatic rings. The third-order valence-corrected chi connectivity index (χ3v) is 6.99. The number of aryl methyl sites for hydroxylation is 1. The highest BCUT2D eigenvalue weighted by Crippen LogP contribution is 2.19. The van der Waals surface area contributed by atoms with E-state index in [0.29, 0.717) is 58.6 Å². The molecule has 0 aliphatic rings. The molecule has 1 aromatic heterocycles. The number of nitrogens with zero attached hydrogens (tertiary/aromatic N) is 1. The molecule has 1 heterocycles. The maximum Gasteiger partial charge on any atom is 0.310 e. The second-order valence-corrected chi connectivity index (χ2v) is 11.1. The number of aromatic amines is 1. The molecule has 48 heavy (non-hydrogen) atoms. The number of Topliss-reactive ketones (excluding diaryl/α,β-unsaturated/α-hetero) is 2. The maximum absolute atomic E-state index is 12.6. The van der Waals surface area contributed by atoms with E-state index in [4.69, 9.17) is 24.1 Å². The van der Waals surface area contributed by atoms with E-state index in [1.807, 2.05) is 6.92 Å². The van der Waals surface area contributed by atoms with E-state index in [1.165, 1.54) is 6.33 Å². The minimum Gasteiger partial charge on any atom is -0.481 e. The highest BCUT2D eigenvalue weighted by molar-refractivity contribution is 5.96. The van der Waals surface area contributed by atoms with Gasteiger partial charge in [-0.2, -0.15) is 0 Å². The number of carbonyl (C=O) groups is 6. The molecule has 0 aliphatic carbocycles. The number of H-pyrrole nitrogens is 1. The zero-order valence-corrected chi connectivity index (χ0v) is 28.2. The van der Waals surface area contributed by atoms with Crippen LogP contribution < -0.4 is 16.0 Å². The maximum atomic E-state index is 12.6. The van der Waals surface area contributed by atoms with Crippen LogP contribution in [0.5, 0.6) is 0 Å². The molecule has 16 heteroatoms. The van der Waals surface area contributed by atoms with Crippen LogP contribution in [0.3, 0.4) is 0 Å². The summed E-state index contributed by atoms with van der Waals surface area (Å²) in [7, 11) is 0. The minimum absolute atomic E-state index is 0.0227. The Labute approximate surface area is 281 Å². The van der Waals surface area contributed by atoms with Crippen molar-refractivity contribution in [2.45, 2.75) is 77.7 Å². The number of ether oxygens (including phenoxy) is 4. The highest BCUT2D eigenvalue weighted by Gasteiger charge is 2.23. The van der Waals surface area contributed by atoms with E-state index >= 15 is 0 Å². The van der Waals surface area contributed by atoms with Crippen LogP contribution in [0.15, 0.2) is 12.5 Å². The molecular weight excluding hydrogens is 630 g/mol. The monoisotopic (exact) mass is 683 g/mol. The van der Waals surface area contributed by atoms with Crippen LogP contribution in [0.2, 0.25) is 0 Å². The molecule has 272 valence electrons. The van der Waals surface area contributed by atoms with Gasteiger partial charge in [0, 0.05) is 50.3 Å². The number of aromatic nitrogens is 2. The average Bonchev–Trinajstić information content (AvgIpc) is 3.57. The number of imidazole rings is 1. The fraction of sp³-hybridized carbons (Fsp3) is 0.719. The van der Waals surface area contributed by atoms with E-state index < -0.39 is 30.1 Å². The first-order valence-corrected chi connectivity index (χ1v) is 16.5. The lowest BCUT2D eigenvalue weighted by molar-refractivity contribution is -0.141. The first-order chi connectivity index (χ1) is 23.1. The standard InChI is InChI=1S/C32H53N5O11/c1-3-13-45-15-17-47-22-31(42)35-12-14-46-16-18-48-21-30(41)34-11-5-4-6-25(28(39)19-32(43)44)7-9-27(38)24(2)37-29(40)10-8-26-20-33-23-36-26/h20,23-25H,3-19,21-22H2,1-2H3,(H,33,36)(H,34,41)(H,35,42)(H,37,40)(H,43,44)/t24-,25+/m0/s1. The molecule has 0 bridgehead atoms. The topological polar surface area (TPSA) is 224 Å². The quantitative estimate of drug-likeness (QED) is 0.0540. The predicted molar refractivity (Wildman–Crippen MR) is 173 cm³/mol. The molecule has 5 N–H and O–H groups in total. The van der Waals surface area contributed by atoms with Crippen molar-refractivity contribution < 1.29 is 52.8 Å². The summed E-state index contributed by atoms with van der Waals surface area (Å²) in [4.78, 5) is 78.9. The molecule has 0 saturated carbocycles. The molecule has 1 rings (SSSR count). The number of carboxylic acids is 1. The number of nitrogens with one attached hydrogen (secondary N) is 4. The Morgan fingerprint density at radius 2 is 1.44 bits per heavy atom. The Bertz CT molecular complexity index is 1080. The van der Waals surface area contributed by atoms with Crippen molar-refractivity contribution in [2.24, 2.45) is 5.92 Å². The number of hydrogen-bond acceptors (Lipinski definition) is 11. The van der Waals surface area contributed by atoms with E-state index in [2.05, 4.69) is 25.9 Å². The third kappa shape index (κ3) is 22.7. The third-order valence-electron chi connectivity index (χ3n) is 6.99. The normalized spacial score (nSPS) is 12.2. The van der Waals surface area contributed by atoms with Crippen molar-refractivity contribution in [1.82, 2.24) is 25.9 Å². The summed E-state index contributed by atoms with van der Waals surface area (Å²) < 4.78 is 21.1. The molecular formula is C32H53N5O11. The Balaban J connectivity index is 2.16. The summed E-state index contributed by atoms with van der Waals surface area (Å²) in [5.41, 5.74) is 0.807. The fourth-order valence-corrected chi connectivity index (χ4v) is 4.38. The number of carbonyl (C=O) groups excluding carboxylic acids is 5. The Morgan fingerprint density at radius 1 is 0.792 bits per heavy atom. The number of amides is 3. The van der Waals surface area contributed by atoms with Crippen molar-refractivity contribution in [3.05, 3.63) is 18.2 Å². The van der Waals surface area contributed by atoms with Gasteiger partial charge in [0.05, 0.1) is 45.4 Å². The summed E-state index contributed by atoms with van der Waals surface area (Å²) in [5.74, 6) is -3.39. The van der Waals surface area contributed by atoms with Gasteiger partial charge in [0.25, 0.3) is 0 Å². The number of ketones is 2. The van der Waals surface area contributed by atoms with E-state index in [-0.39, 0.29) is 75.8 Å². The van der Waals surface area contributed by atoms with Gasteiger partial charge in [0.15, 0.2) is 5.78 Å². The molecule has 0 aliphatic heterocycles. The predicted octanol–water partition coefficient (Wildman–Crippen LogP) is 0.735. The Hall–Kier alpha value is -3.73. The van der Waals surface area contributed by atoms with Gasteiger partial charge >= 0.3 is 5.97 Å². The smallest absolute Gasteiger partial charge is 0.310 e. The van der Waals surface area contributed by atoms with Crippen molar-refractivity contribution in [1.29, 1.82) is 0 Å². The lowest BCUT2D eigenvalue weighted by Crippen LogP contribution is -2.38. The van der Waals surface area contributed by atoms with E-state index in [1.54, 1.807) is 13.1 Å². The van der Waals surface area contributed by atoms with Gasteiger partial charge in [-0.05, 0) is 39.0 Å². The van der Waals surface area contributed by atoms with Gasteiger partial charge in [-0.25, -0.2) is 4.98 Å². The molecule has 0 saturated heterocycles. The van der Waals surface area contributed by atoms with Crippen molar-refractivity contribution in [3.8, 4) is 0 Å². The summed E-state index contributed by atoms with van der Waals surface area (Å²) in [6, 6.07) is -0.738. The SMILES string of the molecule is CCCOCCOCC(=O)NCCOCCOCC(=O)NCCCC[C@H](CCC(=O)[C@H](C)NC(=O)CCc1cnc[nH]1)C(=O)CC(=O)O. The van der Waals surface area contributed by atoms with Crippen LogP contribution in [0.1, 0.15) is 70.9 Å². The second kappa shape index (κ2) is 27.2. The molecule has 16 nitrogen and oxygen atoms in total. The van der Waals surface area contributed by atoms with Crippen LogP contribution >= 0.6 is 0 Å². The summed E-state index contributed by atoms with van der Waals surface area (Å²) in [6.07, 6.45) is 5.74. The second-order valence-electron chi connectivity index (χ2n) is 11.1. The van der Waals surface area contributed by atoms with Crippen LogP contribution in [-0.4, -0.2) is 122 Å². The summed E-state index contributed by atoms with van der Waals surface area (Å²) >= 11 is 0. The lowest BCUT2D eigenvalue weighted by Gasteiger charge is -2.17. The number of carboxylic acid groups (broad SMARTS) is 1. The number of hydrogen-bond donors (Lipinski definition) is 5. The molecule has 0 fully saturated rings. The van der Waals surface area contributed by atoms with Crippen LogP contribution in [0.4, 0.5) is 0 Å². The van der Waals surface area contributed by atoms with Crippen molar-refractivity contribution >= 4 is 35.3 Å². The first kappa shape index (κ1) is 42.3. The van der Waals surface area contributed by atoms with Crippen molar-refractivity contribution in [2.75, 3.05) is 65.9 Å². The minimum atomic E-state index is -1.23. The Kier molecular flexibility index (Phi) is 24.0. The van der Waals surface area contributed by atoms with Crippen LogP contribution in [0.25, 0.3) is 0 Å². The summed E-state index contributed by atoms with van der Waals surface area (Å²) in [6.45, 7) is 6.25. The molecule has 0 unspecified atom stereocenters. The van der Waals surface area contributed by atoms with E-state index in [0.717, 1.165) is 12.1 Å². The van der Waals surface area contributed by atoms with E-state index in [9.17, 15) is 28.8 Å². The van der Waals surface area contributed by atoms with Gasteiger partial charge in [-0.15, -0.1) is 0 Å².